The summed E-state index contributed by atoms with van der Waals surface area (Å²) < 4.78 is 17.3. The molecular formula is C23H31N3O3S. The van der Waals surface area contributed by atoms with Crippen LogP contribution in [0.15, 0.2) is 41.5 Å². The van der Waals surface area contributed by atoms with E-state index in [1.807, 2.05) is 18.2 Å². The van der Waals surface area contributed by atoms with Gasteiger partial charge in [-0.1, -0.05) is 26.0 Å². The Morgan fingerprint density at radius 2 is 1.80 bits per heavy atom. The monoisotopic (exact) mass is 429 g/mol. The van der Waals surface area contributed by atoms with Crippen molar-refractivity contribution in [3.63, 3.8) is 0 Å². The third kappa shape index (κ3) is 7.22. The molecule has 0 spiro atoms. The Hall–Kier alpha value is -2.80. The highest BCUT2D eigenvalue weighted by Crippen LogP contribution is 2.29. The van der Waals surface area contributed by atoms with E-state index in [0.29, 0.717) is 35.7 Å². The van der Waals surface area contributed by atoms with E-state index in [9.17, 15) is 0 Å². The summed E-state index contributed by atoms with van der Waals surface area (Å²) in [7, 11) is 3.35. The van der Waals surface area contributed by atoms with Gasteiger partial charge in [-0.05, 0) is 66.0 Å². The smallest absolute Gasteiger partial charge is 0.186 e. The van der Waals surface area contributed by atoms with Gasteiger partial charge in [-0.15, -0.1) is 0 Å². The second-order valence-corrected chi connectivity index (χ2v) is 7.51. The maximum absolute atomic E-state index is 6.01. The minimum Gasteiger partial charge on any atom is -0.493 e. The van der Waals surface area contributed by atoms with Crippen LogP contribution < -0.4 is 25.0 Å². The number of benzene rings is 2. The van der Waals surface area contributed by atoms with Crippen LogP contribution in [-0.2, 0) is 0 Å². The van der Waals surface area contributed by atoms with E-state index in [2.05, 4.69) is 54.8 Å². The van der Waals surface area contributed by atoms with Crippen molar-refractivity contribution in [2.75, 3.05) is 27.4 Å². The predicted octanol–water partition coefficient (Wildman–Crippen LogP) is 4.40. The van der Waals surface area contributed by atoms with Gasteiger partial charge in [-0.25, -0.2) is 0 Å². The number of nitrogens with one attached hydrogen (secondary N) is 2. The number of rotatable bonds is 10. The molecule has 2 N–H and O–H groups in total. The van der Waals surface area contributed by atoms with Crippen LogP contribution >= 0.6 is 12.2 Å². The van der Waals surface area contributed by atoms with Crippen molar-refractivity contribution in [1.29, 1.82) is 0 Å². The normalized spacial score (nSPS) is 10.9. The summed E-state index contributed by atoms with van der Waals surface area (Å²) in [6, 6.07) is 12.0. The molecule has 30 heavy (non-hydrogen) atoms. The van der Waals surface area contributed by atoms with Crippen molar-refractivity contribution in [2.24, 2.45) is 5.10 Å². The summed E-state index contributed by atoms with van der Waals surface area (Å²) in [4.78, 5) is 0. The molecule has 0 amide bonds. The Bertz CT molecular complexity index is 869. The van der Waals surface area contributed by atoms with Crippen LogP contribution in [0.5, 0.6) is 17.2 Å². The lowest BCUT2D eigenvalue weighted by Crippen LogP contribution is -2.28. The molecule has 2 rings (SSSR count). The van der Waals surface area contributed by atoms with Crippen LogP contribution in [0.1, 0.15) is 42.9 Å². The van der Waals surface area contributed by atoms with Gasteiger partial charge < -0.3 is 19.5 Å². The fraction of sp³-hybridized carbons (Fsp3) is 0.391. The van der Waals surface area contributed by atoms with Gasteiger partial charge in [0.05, 0.1) is 26.5 Å². The quantitative estimate of drug-likeness (QED) is 0.253. The van der Waals surface area contributed by atoms with E-state index in [-0.39, 0.29) is 0 Å². The van der Waals surface area contributed by atoms with Crippen molar-refractivity contribution in [1.82, 2.24) is 10.7 Å². The molecule has 0 fully saturated rings. The van der Waals surface area contributed by atoms with Crippen molar-refractivity contribution in [3.8, 4) is 17.2 Å². The Morgan fingerprint density at radius 3 is 2.47 bits per heavy atom. The second kappa shape index (κ2) is 12.0. The Balaban J connectivity index is 1.86. The number of ether oxygens (including phenoxy) is 3. The van der Waals surface area contributed by atoms with Gasteiger partial charge in [-0.2, -0.15) is 5.10 Å². The van der Waals surface area contributed by atoms with Crippen molar-refractivity contribution in [2.45, 2.75) is 33.1 Å². The average molecular weight is 430 g/mol. The van der Waals surface area contributed by atoms with Gasteiger partial charge in [0.15, 0.2) is 16.6 Å². The fourth-order valence-electron chi connectivity index (χ4n) is 2.77. The average Bonchev–Trinajstić information content (AvgIpc) is 2.73. The summed E-state index contributed by atoms with van der Waals surface area (Å²) in [5, 5.41) is 7.31. The number of thiocarbonyl (C=S) groups is 1. The van der Waals surface area contributed by atoms with Crippen LogP contribution in [-0.4, -0.2) is 38.7 Å². The van der Waals surface area contributed by atoms with Gasteiger partial charge >= 0.3 is 0 Å². The third-order valence-electron chi connectivity index (χ3n) is 4.39. The van der Waals surface area contributed by atoms with Gasteiger partial charge in [0, 0.05) is 13.5 Å². The first-order valence-electron chi connectivity index (χ1n) is 9.99. The van der Waals surface area contributed by atoms with Crippen LogP contribution in [0, 0.1) is 6.92 Å². The number of nitrogens with zero attached hydrogens (tertiary/aromatic N) is 1. The number of hydrazone groups is 1. The van der Waals surface area contributed by atoms with Gasteiger partial charge in [0.2, 0.25) is 0 Å². The summed E-state index contributed by atoms with van der Waals surface area (Å²) in [6.45, 7) is 7.54. The maximum atomic E-state index is 6.01. The number of methoxy groups -OCH3 is 1. The zero-order valence-corrected chi connectivity index (χ0v) is 19.1. The van der Waals surface area contributed by atoms with Gasteiger partial charge in [0.1, 0.15) is 5.75 Å². The Morgan fingerprint density at radius 1 is 1.07 bits per heavy atom. The minimum atomic E-state index is 0.423. The van der Waals surface area contributed by atoms with E-state index in [0.717, 1.165) is 17.7 Å². The third-order valence-corrected chi connectivity index (χ3v) is 4.68. The van der Waals surface area contributed by atoms with Crippen LogP contribution in [0.25, 0.3) is 0 Å². The van der Waals surface area contributed by atoms with E-state index < -0.39 is 0 Å². The summed E-state index contributed by atoms with van der Waals surface area (Å²) in [5.41, 5.74) is 6.01. The lowest BCUT2D eigenvalue weighted by Gasteiger charge is -2.15. The van der Waals surface area contributed by atoms with Crippen molar-refractivity contribution < 1.29 is 14.2 Å². The molecule has 0 bridgehead atoms. The molecule has 0 saturated carbocycles. The largest absolute Gasteiger partial charge is 0.493 e. The van der Waals surface area contributed by atoms with Crippen molar-refractivity contribution >= 4 is 23.5 Å². The lowest BCUT2D eigenvalue weighted by molar-refractivity contribution is 0.239. The van der Waals surface area contributed by atoms with E-state index >= 15 is 0 Å². The van der Waals surface area contributed by atoms with Crippen LogP contribution in [0.4, 0.5) is 0 Å². The Kier molecular flexibility index (Phi) is 9.41. The van der Waals surface area contributed by atoms with E-state index in [1.165, 1.54) is 11.1 Å². The van der Waals surface area contributed by atoms with E-state index in [1.54, 1.807) is 20.4 Å². The molecule has 6 nitrogen and oxygen atoms in total. The first-order valence-corrected chi connectivity index (χ1v) is 10.4. The summed E-state index contributed by atoms with van der Waals surface area (Å²) in [5.74, 6) is 2.72. The van der Waals surface area contributed by atoms with Gasteiger partial charge in [-0.3, -0.25) is 5.43 Å². The molecule has 0 aliphatic carbocycles. The lowest BCUT2D eigenvalue weighted by atomic mass is 10.0. The first kappa shape index (κ1) is 23.5. The number of hydrogen-bond acceptors (Lipinski definition) is 5. The molecular weight excluding hydrogens is 398 g/mol. The highest BCUT2D eigenvalue weighted by Gasteiger charge is 2.09. The highest BCUT2D eigenvalue weighted by molar-refractivity contribution is 7.80. The minimum absolute atomic E-state index is 0.423. The molecule has 0 aliphatic rings. The zero-order valence-electron chi connectivity index (χ0n) is 18.3. The SMILES string of the molecule is CNC(=S)N/N=C\c1ccc(OCCCOc2cc(C)ccc2C(C)C)c(OC)c1. The van der Waals surface area contributed by atoms with Crippen LogP contribution in [0.2, 0.25) is 0 Å². The maximum Gasteiger partial charge on any atom is 0.186 e. The first-order chi connectivity index (χ1) is 14.4. The molecule has 0 atom stereocenters. The molecule has 0 heterocycles. The molecule has 162 valence electrons. The van der Waals surface area contributed by atoms with Crippen molar-refractivity contribution in [3.05, 3.63) is 53.1 Å². The molecule has 2 aromatic rings. The number of hydrogen-bond donors (Lipinski definition) is 2. The topological polar surface area (TPSA) is 64.1 Å². The molecule has 0 aliphatic heterocycles. The molecule has 0 saturated heterocycles. The Labute approximate surface area is 184 Å². The molecule has 0 aromatic heterocycles. The number of aryl methyl sites for hydroxylation is 1. The molecule has 0 unspecified atom stereocenters. The molecule has 7 heteroatoms. The molecule has 0 radical (unpaired) electrons. The highest BCUT2D eigenvalue weighted by atomic mass is 32.1. The summed E-state index contributed by atoms with van der Waals surface area (Å²) >= 11 is 4.98. The standard InChI is InChI=1S/C23H31N3O3S/c1-16(2)19-9-7-17(3)13-21(19)29-12-6-11-28-20-10-8-18(14-22(20)27-5)15-25-26-23(30)24-4/h7-10,13-16H,6,11-12H2,1-5H3,(H2,24,26,30)/b25-15-. The zero-order chi connectivity index (χ0) is 21.9. The van der Waals surface area contributed by atoms with Gasteiger partial charge in [0.25, 0.3) is 0 Å². The molecule has 2 aromatic carbocycles. The predicted molar refractivity (Wildman–Crippen MR) is 126 cm³/mol. The fourth-order valence-corrected chi connectivity index (χ4v) is 2.82. The van der Waals surface area contributed by atoms with Crippen LogP contribution in [0.3, 0.4) is 0 Å². The summed E-state index contributed by atoms with van der Waals surface area (Å²) in [6.07, 6.45) is 2.43. The second-order valence-electron chi connectivity index (χ2n) is 7.11. The van der Waals surface area contributed by atoms with E-state index in [4.69, 9.17) is 26.4 Å².